The second-order valence-electron chi connectivity index (χ2n) is 15.6. The molecular formula is C53H44O16. The van der Waals surface area contributed by atoms with Crippen LogP contribution in [0.4, 0.5) is 0 Å². The van der Waals surface area contributed by atoms with E-state index >= 15 is 0 Å². The van der Waals surface area contributed by atoms with Gasteiger partial charge in [0.25, 0.3) is 0 Å². The molecule has 0 amide bonds. The van der Waals surface area contributed by atoms with Gasteiger partial charge in [-0.2, -0.15) is 0 Å². The number of aliphatic hydroxyl groups excluding tert-OH is 1. The molecule has 6 aromatic carbocycles. The lowest BCUT2D eigenvalue weighted by Gasteiger charge is -2.46. The average molecular weight is 937 g/mol. The normalized spacial score (nSPS) is 23.0. The van der Waals surface area contributed by atoms with Crippen LogP contribution < -0.4 is 0 Å². The first kappa shape index (κ1) is 47.5. The van der Waals surface area contributed by atoms with E-state index in [0.29, 0.717) is 0 Å². The van der Waals surface area contributed by atoms with Crippen LogP contribution in [0.15, 0.2) is 182 Å². The predicted molar refractivity (Wildman–Crippen MR) is 240 cm³/mol. The molecule has 2 saturated heterocycles. The summed E-state index contributed by atoms with van der Waals surface area (Å²) in [6.45, 7) is -1.22. The summed E-state index contributed by atoms with van der Waals surface area (Å²) < 4.78 is 54.8. The SMILES string of the molecule is O=C(OC[C@H]1O[C@@H](O[C@@H]2COC(O)[C@H](OC(=O)c3ccccc3)[C@H]2OC(=O)c2ccccc2)[C@H](OC(=O)c2ccccc2)[C@@H](OC(=O)c2ccccc2)[C@@H]1OC(=O)c1ccccc1)c1ccccc1. The largest absolute Gasteiger partial charge is 0.459 e. The summed E-state index contributed by atoms with van der Waals surface area (Å²) in [4.78, 5) is 83.1. The quantitative estimate of drug-likeness (QED) is 0.0870. The fraction of sp³-hybridized carbons (Fsp3) is 0.208. The van der Waals surface area contributed by atoms with Crippen molar-refractivity contribution in [2.45, 2.75) is 55.3 Å². The summed E-state index contributed by atoms with van der Waals surface area (Å²) in [5.74, 6) is -5.45. The van der Waals surface area contributed by atoms with Crippen LogP contribution in [0.25, 0.3) is 0 Å². The Labute approximate surface area is 395 Å². The molecular weight excluding hydrogens is 893 g/mol. The van der Waals surface area contributed by atoms with Crippen LogP contribution in [-0.2, 0) is 42.6 Å². The van der Waals surface area contributed by atoms with Crippen molar-refractivity contribution in [3.63, 3.8) is 0 Å². The van der Waals surface area contributed by atoms with Crippen LogP contribution >= 0.6 is 0 Å². The van der Waals surface area contributed by atoms with Crippen LogP contribution in [-0.4, -0.2) is 109 Å². The number of hydrogen-bond acceptors (Lipinski definition) is 16. The van der Waals surface area contributed by atoms with E-state index in [0.717, 1.165) is 0 Å². The van der Waals surface area contributed by atoms with Gasteiger partial charge in [-0.15, -0.1) is 0 Å². The molecule has 1 N–H and O–H groups in total. The third-order valence-electron chi connectivity index (χ3n) is 11.0. The number of rotatable bonds is 15. The molecule has 2 aliphatic rings. The summed E-state index contributed by atoms with van der Waals surface area (Å²) in [6, 6.07) is 47.1. The summed E-state index contributed by atoms with van der Waals surface area (Å²) >= 11 is 0. The molecule has 2 aliphatic heterocycles. The molecule has 16 heteroatoms. The highest BCUT2D eigenvalue weighted by atomic mass is 16.8. The van der Waals surface area contributed by atoms with E-state index in [4.69, 9.17) is 42.6 Å². The van der Waals surface area contributed by atoms with Crippen molar-refractivity contribution < 1.29 is 76.5 Å². The van der Waals surface area contributed by atoms with Gasteiger partial charge in [0.2, 0.25) is 0 Å². The molecule has 16 nitrogen and oxygen atoms in total. The van der Waals surface area contributed by atoms with Gasteiger partial charge in [-0.3, -0.25) is 0 Å². The molecule has 352 valence electrons. The Morgan fingerprint density at radius 3 is 1.12 bits per heavy atom. The Kier molecular flexibility index (Phi) is 15.6. The Morgan fingerprint density at radius 1 is 0.406 bits per heavy atom. The molecule has 69 heavy (non-hydrogen) atoms. The third-order valence-corrected chi connectivity index (χ3v) is 11.0. The average Bonchev–Trinajstić information content (AvgIpc) is 3.40. The zero-order chi connectivity index (χ0) is 48.1. The Morgan fingerprint density at radius 2 is 0.725 bits per heavy atom. The number of hydrogen-bond donors (Lipinski definition) is 1. The van der Waals surface area contributed by atoms with Crippen LogP contribution in [0.5, 0.6) is 0 Å². The second kappa shape index (κ2) is 22.6. The maximum absolute atomic E-state index is 14.2. The first-order chi connectivity index (χ1) is 33.6. The zero-order valence-corrected chi connectivity index (χ0v) is 36.5. The van der Waals surface area contributed by atoms with Gasteiger partial charge in [0.1, 0.15) is 18.8 Å². The lowest BCUT2D eigenvalue weighted by Crippen LogP contribution is -2.65. The van der Waals surface area contributed by atoms with Crippen LogP contribution in [0.3, 0.4) is 0 Å². The summed E-state index contributed by atoms with van der Waals surface area (Å²) in [7, 11) is 0. The van der Waals surface area contributed by atoms with Gasteiger partial charge in [0, 0.05) is 0 Å². The summed E-state index contributed by atoms with van der Waals surface area (Å²) in [5, 5.41) is 11.3. The van der Waals surface area contributed by atoms with Gasteiger partial charge in [-0.05, 0) is 72.8 Å². The minimum absolute atomic E-state index is 0.0489. The van der Waals surface area contributed by atoms with E-state index in [1.165, 1.54) is 72.8 Å². The standard InChI is InChI=1S/C53H44O16/c54-46(33-19-7-1-8-20-33)61-31-39-41(65-47(55)34-21-9-2-10-22-34)43(67-49(57)36-25-13-4-14-26-36)45(69-51(59)38-29-17-6-18-30-38)53(63-39)64-40-32-62-52(60)44(68-50(58)37-27-15-5-16-28-37)42(40)66-48(56)35-23-11-3-12-24-35/h1-30,39-45,52-53,60H,31-32H2/t39-,40-,41-,42+,43+,44-,45-,52?,53+/m1/s1. The highest BCUT2D eigenvalue weighted by Gasteiger charge is 2.56. The van der Waals surface area contributed by atoms with Gasteiger partial charge < -0.3 is 47.7 Å². The van der Waals surface area contributed by atoms with Crippen molar-refractivity contribution in [2.24, 2.45) is 0 Å². The van der Waals surface area contributed by atoms with Gasteiger partial charge in [-0.25, -0.2) is 28.8 Å². The fourth-order valence-corrected chi connectivity index (χ4v) is 7.48. The topological polar surface area (TPSA) is 206 Å². The van der Waals surface area contributed by atoms with Gasteiger partial charge in [0.05, 0.1) is 40.0 Å². The number of carbonyl (C=O) groups excluding carboxylic acids is 6. The van der Waals surface area contributed by atoms with Crippen LogP contribution in [0.1, 0.15) is 62.1 Å². The molecule has 8 rings (SSSR count). The highest BCUT2D eigenvalue weighted by molar-refractivity contribution is 5.92. The monoisotopic (exact) mass is 936 g/mol. The van der Waals surface area contributed by atoms with Crippen molar-refractivity contribution >= 4 is 35.8 Å². The molecule has 6 aromatic rings. The maximum atomic E-state index is 14.2. The number of ether oxygens (including phenoxy) is 9. The summed E-state index contributed by atoms with van der Waals surface area (Å²) in [5.41, 5.74) is 0.534. The minimum atomic E-state index is -1.88. The van der Waals surface area contributed by atoms with E-state index in [9.17, 15) is 33.9 Å². The number of esters is 6. The molecule has 9 atom stereocenters. The molecule has 0 saturated carbocycles. The Hall–Kier alpha value is -8.02. The smallest absolute Gasteiger partial charge is 0.338 e. The zero-order valence-electron chi connectivity index (χ0n) is 36.5. The highest BCUT2D eigenvalue weighted by Crippen LogP contribution is 2.35. The van der Waals surface area contributed by atoms with E-state index < -0.39 is 104 Å². The van der Waals surface area contributed by atoms with Gasteiger partial charge in [-0.1, -0.05) is 109 Å². The van der Waals surface area contributed by atoms with E-state index in [2.05, 4.69) is 0 Å². The van der Waals surface area contributed by atoms with Crippen molar-refractivity contribution in [3.8, 4) is 0 Å². The first-order valence-corrected chi connectivity index (χ1v) is 21.8. The first-order valence-electron chi connectivity index (χ1n) is 21.8. The minimum Gasteiger partial charge on any atom is -0.459 e. The van der Waals surface area contributed by atoms with Gasteiger partial charge >= 0.3 is 35.8 Å². The molecule has 0 spiro atoms. The molecule has 0 radical (unpaired) electrons. The number of aliphatic hydroxyl groups is 1. The number of benzene rings is 6. The molecule has 0 aliphatic carbocycles. The van der Waals surface area contributed by atoms with E-state index in [-0.39, 0.29) is 33.4 Å². The molecule has 1 unspecified atom stereocenters. The Bertz CT molecular complexity index is 2670. The van der Waals surface area contributed by atoms with Crippen LogP contribution in [0, 0.1) is 0 Å². The second-order valence-corrected chi connectivity index (χ2v) is 15.6. The predicted octanol–water partition coefficient (Wildman–Crippen LogP) is 6.43. The van der Waals surface area contributed by atoms with Crippen molar-refractivity contribution in [1.82, 2.24) is 0 Å². The van der Waals surface area contributed by atoms with Crippen LogP contribution in [0.2, 0.25) is 0 Å². The van der Waals surface area contributed by atoms with E-state index in [1.807, 2.05) is 0 Å². The lowest BCUT2D eigenvalue weighted by molar-refractivity contribution is -0.337. The van der Waals surface area contributed by atoms with Crippen molar-refractivity contribution in [3.05, 3.63) is 215 Å². The number of carbonyl (C=O) groups is 6. The Balaban J connectivity index is 1.21. The summed E-state index contributed by atoms with van der Waals surface area (Å²) in [6.07, 6.45) is -15.6. The molecule has 0 bridgehead atoms. The van der Waals surface area contributed by atoms with E-state index in [1.54, 1.807) is 109 Å². The molecule has 2 heterocycles. The van der Waals surface area contributed by atoms with Crippen molar-refractivity contribution in [2.75, 3.05) is 13.2 Å². The molecule has 2 fully saturated rings. The third kappa shape index (κ3) is 11.9. The molecule has 0 aromatic heterocycles. The maximum Gasteiger partial charge on any atom is 0.338 e. The van der Waals surface area contributed by atoms with Gasteiger partial charge in [0.15, 0.2) is 43.1 Å². The lowest BCUT2D eigenvalue weighted by atomic mass is 9.97. The van der Waals surface area contributed by atoms with Crippen molar-refractivity contribution in [1.29, 1.82) is 0 Å². The fourth-order valence-electron chi connectivity index (χ4n) is 7.48.